The largest absolute Gasteiger partial charge is 0.350 e. The summed E-state index contributed by atoms with van der Waals surface area (Å²) < 4.78 is 23.1. The van der Waals surface area contributed by atoms with Crippen molar-refractivity contribution in [2.24, 2.45) is 11.1 Å². The van der Waals surface area contributed by atoms with E-state index in [1.165, 1.54) is 18.9 Å². The number of amides is 1. The molecule has 1 aromatic rings. The van der Waals surface area contributed by atoms with Gasteiger partial charge in [-0.15, -0.1) is 0 Å². The molecule has 5 nitrogen and oxygen atoms in total. The highest BCUT2D eigenvalue weighted by molar-refractivity contribution is 7.89. The molecule has 1 atom stereocenters. The summed E-state index contributed by atoms with van der Waals surface area (Å²) in [5, 5.41) is 8.12. The lowest BCUT2D eigenvalue weighted by molar-refractivity contribution is 0.0936. The Bertz CT molecular complexity index is 664. The zero-order valence-electron chi connectivity index (χ0n) is 12.6. The summed E-state index contributed by atoms with van der Waals surface area (Å²) in [4.78, 5) is 12.3. The van der Waals surface area contributed by atoms with Crippen LogP contribution in [0.2, 0.25) is 0 Å². The fourth-order valence-electron chi connectivity index (χ4n) is 2.60. The molecule has 1 fully saturated rings. The van der Waals surface area contributed by atoms with Crippen molar-refractivity contribution in [3.63, 3.8) is 0 Å². The van der Waals surface area contributed by atoms with Crippen LogP contribution < -0.4 is 10.5 Å². The highest BCUT2D eigenvalue weighted by Gasteiger charge is 2.25. The Labute approximate surface area is 126 Å². The quantitative estimate of drug-likeness (QED) is 0.870. The third-order valence-electron chi connectivity index (χ3n) is 3.83. The molecule has 1 amide bonds. The maximum Gasteiger partial charge on any atom is 0.251 e. The lowest BCUT2D eigenvalue weighted by Crippen LogP contribution is -2.33. The SMILES string of the molecule is Cc1cc(C)c(S(N)(=O)=O)cc1C(=O)NC(C)CC1CC1. The molecule has 0 bridgehead atoms. The van der Waals surface area contributed by atoms with Crippen molar-refractivity contribution in [2.75, 3.05) is 0 Å². The molecule has 21 heavy (non-hydrogen) atoms. The van der Waals surface area contributed by atoms with Crippen molar-refractivity contribution in [3.05, 3.63) is 28.8 Å². The van der Waals surface area contributed by atoms with Crippen molar-refractivity contribution >= 4 is 15.9 Å². The zero-order valence-corrected chi connectivity index (χ0v) is 13.5. The molecule has 1 aliphatic carbocycles. The molecule has 1 saturated carbocycles. The van der Waals surface area contributed by atoms with Gasteiger partial charge in [0.2, 0.25) is 10.0 Å². The molecule has 1 aromatic carbocycles. The molecule has 0 aromatic heterocycles. The Hall–Kier alpha value is -1.40. The first kappa shape index (κ1) is 16.0. The molecule has 0 radical (unpaired) electrons. The fraction of sp³-hybridized carbons (Fsp3) is 0.533. The number of carbonyl (C=O) groups excluding carboxylic acids is 1. The third kappa shape index (κ3) is 4.04. The second-order valence-electron chi connectivity index (χ2n) is 6.03. The van der Waals surface area contributed by atoms with E-state index in [-0.39, 0.29) is 16.8 Å². The van der Waals surface area contributed by atoms with Gasteiger partial charge in [0.05, 0.1) is 4.90 Å². The second-order valence-corrected chi connectivity index (χ2v) is 7.56. The minimum atomic E-state index is -3.82. The number of nitrogens with two attached hydrogens (primary N) is 1. The lowest BCUT2D eigenvalue weighted by atomic mass is 10.0. The van der Waals surface area contributed by atoms with Gasteiger partial charge in [-0.25, -0.2) is 13.6 Å². The van der Waals surface area contributed by atoms with Gasteiger partial charge in [-0.05, 0) is 50.3 Å². The van der Waals surface area contributed by atoms with Crippen molar-refractivity contribution < 1.29 is 13.2 Å². The molecule has 1 unspecified atom stereocenters. The van der Waals surface area contributed by atoms with Crippen LogP contribution in [0.3, 0.4) is 0 Å². The van der Waals surface area contributed by atoms with Crippen molar-refractivity contribution in [1.29, 1.82) is 0 Å². The summed E-state index contributed by atoms with van der Waals surface area (Å²) in [5.74, 6) is 0.477. The van der Waals surface area contributed by atoms with Gasteiger partial charge >= 0.3 is 0 Å². The molecule has 0 saturated heterocycles. The first-order chi connectivity index (χ1) is 9.68. The predicted molar refractivity (Wildman–Crippen MR) is 81.6 cm³/mol. The standard InChI is InChI=1S/C15H22N2O3S/c1-9-6-10(2)14(21(16,19)20)8-13(9)15(18)17-11(3)7-12-4-5-12/h6,8,11-12H,4-5,7H2,1-3H3,(H,17,18)(H2,16,19,20). The van der Waals surface area contributed by atoms with Crippen LogP contribution in [0.4, 0.5) is 0 Å². The molecule has 0 heterocycles. The maximum absolute atomic E-state index is 12.3. The number of hydrogen-bond acceptors (Lipinski definition) is 3. The summed E-state index contributed by atoms with van der Waals surface area (Å²) in [5.41, 5.74) is 1.67. The summed E-state index contributed by atoms with van der Waals surface area (Å²) in [6, 6.07) is 3.14. The van der Waals surface area contributed by atoms with E-state index in [2.05, 4.69) is 5.32 Å². The Kier molecular flexibility index (Phi) is 4.39. The number of sulfonamides is 1. The van der Waals surface area contributed by atoms with Gasteiger partial charge < -0.3 is 5.32 Å². The van der Waals surface area contributed by atoms with Crippen LogP contribution in [-0.2, 0) is 10.0 Å². The Balaban J connectivity index is 2.23. The highest BCUT2D eigenvalue weighted by Crippen LogP contribution is 2.33. The average molecular weight is 310 g/mol. The summed E-state index contributed by atoms with van der Waals surface area (Å²) in [6.45, 7) is 5.44. The van der Waals surface area contributed by atoms with Crippen LogP contribution in [0.1, 0.15) is 47.7 Å². The molecule has 1 aliphatic rings. The van der Waals surface area contributed by atoms with Crippen LogP contribution in [-0.4, -0.2) is 20.4 Å². The number of aryl methyl sites for hydroxylation is 2. The normalized spacial score (nSPS) is 16.6. The van der Waals surface area contributed by atoms with Crippen LogP contribution in [0, 0.1) is 19.8 Å². The van der Waals surface area contributed by atoms with Crippen LogP contribution in [0.5, 0.6) is 0 Å². The van der Waals surface area contributed by atoms with Crippen molar-refractivity contribution in [2.45, 2.75) is 51.0 Å². The Morgan fingerprint density at radius 3 is 2.48 bits per heavy atom. The number of carbonyl (C=O) groups is 1. The molecule has 0 spiro atoms. The molecule has 6 heteroatoms. The van der Waals surface area contributed by atoms with E-state index in [1.807, 2.05) is 6.92 Å². The molecule has 0 aliphatic heterocycles. The van der Waals surface area contributed by atoms with Gasteiger partial charge in [0.1, 0.15) is 0 Å². The van der Waals surface area contributed by atoms with Crippen molar-refractivity contribution in [3.8, 4) is 0 Å². The third-order valence-corrected chi connectivity index (χ3v) is 4.89. The minimum Gasteiger partial charge on any atom is -0.350 e. The van der Waals surface area contributed by atoms with Gasteiger partial charge in [0, 0.05) is 11.6 Å². The van der Waals surface area contributed by atoms with E-state index in [0.717, 1.165) is 17.9 Å². The fourth-order valence-corrected chi connectivity index (χ4v) is 3.39. The van der Waals surface area contributed by atoms with Crippen molar-refractivity contribution in [1.82, 2.24) is 5.32 Å². The minimum absolute atomic E-state index is 0.00750. The topological polar surface area (TPSA) is 89.3 Å². The monoisotopic (exact) mass is 310 g/mol. The lowest BCUT2D eigenvalue weighted by Gasteiger charge is -2.16. The van der Waals surface area contributed by atoms with Gasteiger partial charge in [-0.3, -0.25) is 4.79 Å². The van der Waals surface area contributed by atoms with Crippen LogP contribution in [0.15, 0.2) is 17.0 Å². The number of hydrogen-bond donors (Lipinski definition) is 2. The molecule has 3 N–H and O–H groups in total. The van der Waals surface area contributed by atoms with Gasteiger partial charge in [-0.2, -0.15) is 0 Å². The number of rotatable bonds is 5. The van der Waals surface area contributed by atoms with E-state index in [1.54, 1.807) is 19.9 Å². The van der Waals surface area contributed by atoms with E-state index in [9.17, 15) is 13.2 Å². The second kappa shape index (κ2) is 5.77. The van der Waals surface area contributed by atoms with Crippen LogP contribution in [0.25, 0.3) is 0 Å². The summed E-state index contributed by atoms with van der Waals surface area (Å²) in [6.07, 6.45) is 3.44. The highest BCUT2D eigenvalue weighted by atomic mass is 32.2. The first-order valence-electron chi connectivity index (χ1n) is 7.13. The van der Waals surface area contributed by atoms with Gasteiger partial charge in [0.25, 0.3) is 5.91 Å². The molecular weight excluding hydrogens is 288 g/mol. The summed E-state index contributed by atoms with van der Waals surface area (Å²) >= 11 is 0. The Morgan fingerprint density at radius 2 is 1.95 bits per heavy atom. The van der Waals surface area contributed by atoms with E-state index < -0.39 is 10.0 Å². The van der Waals surface area contributed by atoms with E-state index in [0.29, 0.717) is 11.1 Å². The first-order valence-corrected chi connectivity index (χ1v) is 8.68. The average Bonchev–Trinajstić information content (AvgIpc) is 3.10. The molecule has 116 valence electrons. The zero-order chi connectivity index (χ0) is 15.8. The molecular formula is C15H22N2O3S. The van der Waals surface area contributed by atoms with Gasteiger partial charge in [-0.1, -0.05) is 18.9 Å². The smallest absolute Gasteiger partial charge is 0.251 e. The number of nitrogens with one attached hydrogen (secondary N) is 1. The van der Waals surface area contributed by atoms with E-state index in [4.69, 9.17) is 5.14 Å². The number of primary sulfonamides is 1. The Morgan fingerprint density at radius 1 is 1.33 bits per heavy atom. The summed E-state index contributed by atoms with van der Waals surface area (Å²) in [7, 11) is -3.82. The van der Waals surface area contributed by atoms with E-state index >= 15 is 0 Å². The number of benzene rings is 1. The maximum atomic E-state index is 12.3. The van der Waals surface area contributed by atoms with Gasteiger partial charge in [0.15, 0.2) is 0 Å². The van der Waals surface area contributed by atoms with Crippen LogP contribution >= 0.6 is 0 Å². The predicted octanol–water partition coefficient (Wildman–Crippen LogP) is 1.87. The molecule has 2 rings (SSSR count).